The van der Waals surface area contributed by atoms with Crippen LogP contribution in [-0.2, 0) is 23.9 Å². The summed E-state index contributed by atoms with van der Waals surface area (Å²) < 4.78 is 45.3. The Morgan fingerprint density at radius 1 is 0.939 bits per heavy atom. The Labute approximate surface area is 189 Å². The van der Waals surface area contributed by atoms with Crippen molar-refractivity contribution in [3.05, 3.63) is 88.9 Å². The van der Waals surface area contributed by atoms with Gasteiger partial charge in [0.2, 0.25) is 5.76 Å². The molecule has 0 spiro atoms. The van der Waals surface area contributed by atoms with Gasteiger partial charge in [0.05, 0.1) is 0 Å². The largest absolute Gasteiger partial charge is 0.455 e. The van der Waals surface area contributed by atoms with Crippen molar-refractivity contribution in [1.82, 2.24) is 4.90 Å². The Balaban J connectivity index is 1.69. The molecular weight excluding hydrogens is 433 g/mol. The van der Waals surface area contributed by atoms with Gasteiger partial charge in [-0.15, -0.1) is 0 Å². The van der Waals surface area contributed by atoms with Crippen LogP contribution in [0.2, 0.25) is 0 Å². The molecule has 33 heavy (non-hydrogen) atoms. The third-order valence-electron chi connectivity index (χ3n) is 5.84. The minimum absolute atomic E-state index is 0.0395. The number of anilines is 1. The van der Waals surface area contributed by atoms with Gasteiger partial charge in [0.15, 0.2) is 0 Å². The van der Waals surface area contributed by atoms with Crippen LogP contribution in [0.3, 0.4) is 0 Å². The van der Waals surface area contributed by atoms with Crippen molar-refractivity contribution >= 4 is 17.6 Å². The van der Waals surface area contributed by atoms with Crippen LogP contribution in [0.25, 0.3) is 0 Å². The first-order valence-electron chi connectivity index (χ1n) is 10.4. The number of hydrogen-bond acceptors (Lipinski definition) is 3. The third-order valence-corrected chi connectivity index (χ3v) is 5.84. The molecular formula is C25H23F3N2O3. The molecule has 1 saturated heterocycles. The van der Waals surface area contributed by atoms with Crippen LogP contribution in [0.15, 0.2) is 65.1 Å². The molecule has 172 valence electrons. The zero-order valence-electron chi connectivity index (χ0n) is 18.4. The van der Waals surface area contributed by atoms with Crippen molar-refractivity contribution in [2.24, 2.45) is 0 Å². The molecule has 0 unspecified atom stereocenters. The fourth-order valence-corrected chi connectivity index (χ4v) is 4.05. The average Bonchev–Trinajstić information content (AvgIpc) is 3.21. The molecule has 0 bridgehead atoms. The van der Waals surface area contributed by atoms with E-state index in [0.717, 1.165) is 22.8 Å². The second-order valence-corrected chi connectivity index (χ2v) is 8.57. The van der Waals surface area contributed by atoms with Crippen molar-refractivity contribution in [2.45, 2.75) is 45.5 Å². The van der Waals surface area contributed by atoms with E-state index < -0.39 is 35.1 Å². The topological polar surface area (TPSA) is 53.8 Å². The second-order valence-electron chi connectivity index (χ2n) is 8.57. The number of nitrogens with zero attached hydrogens (tertiary/aromatic N) is 2. The van der Waals surface area contributed by atoms with Crippen molar-refractivity contribution in [2.75, 3.05) is 4.90 Å². The smallest absolute Gasteiger partial charge is 0.451 e. The Kier molecular flexibility index (Phi) is 5.56. The first kappa shape index (κ1) is 22.6. The molecule has 4 rings (SSSR count). The monoisotopic (exact) mass is 456 g/mol. The van der Waals surface area contributed by atoms with Crippen molar-refractivity contribution in [3.8, 4) is 0 Å². The fourth-order valence-electron chi connectivity index (χ4n) is 4.05. The van der Waals surface area contributed by atoms with Gasteiger partial charge in [-0.2, -0.15) is 13.2 Å². The zero-order chi connectivity index (χ0) is 24.0. The summed E-state index contributed by atoms with van der Waals surface area (Å²) in [7, 11) is 0. The van der Waals surface area contributed by atoms with Gasteiger partial charge in [-0.05, 0) is 43.9 Å². The van der Waals surface area contributed by atoms with Crippen LogP contribution in [0, 0.1) is 6.92 Å². The summed E-state index contributed by atoms with van der Waals surface area (Å²) in [5, 5.41) is 0. The SMILES string of the molecule is Cc1cc(N2C(=O)N(Cc3ccccc3Cc3ccccc3)C(C)(C)C2=O)c(C(F)(F)F)o1. The van der Waals surface area contributed by atoms with Gasteiger partial charge in [-0.25, -0.2) is 9.69 Å². The maximum absolute atomic E-state index is 13.5. The Hall–Kier alpha value is -3.55. The molecule has 0 atom stereocenters. The van der Waals surface area contributed by atoms with E-state index >= 15 is 0 Å². The fraction of sp³-hybridized carbons (Fsp3) is 0.280. The van der Waals surface area contributed by atoms with E-state index in [1.54, 1.807) is 0 Å². The summed E-state index contributed by atoms with van der Waals surface area (Å²) in [5.41, 5.74) is 0.942. The Morgan fingerprint density at radius 3 is 2.18 bits per heavy atom. The maximum atomic E-state index is 13.5. The molecule has 1 aliphatic heterocycles. The molecule has 3 amide bonds. The first-order chi connectivity index (χ1) is 15.5. The minimum Gasteiger partial charge on any atom is -0.455 e. The lowest BCUT2D eigenvalue weighted by Crippen LogP contribution is -2.43. The molecule has 2 heterocycles. The first-order valence-corrected chi connectivity index (χ1v) is 10.4. The van der Waals surface area contributed by atoms with Crippen LogP contribution in [0.4, 0.5) is 23.7 Å². The highest BCUT2D eigenvalue weighted by atomic mass is 19.4. The molecule has 1 aliphatic rings. The number of carbonyl (C=O) groups excluding carboxylic acids is 2. The number of furan rings is 1. The predicted octanol–water partition coefficient (Wildman–Crippen LogP) is 5.95. The number of carbonyl (C=O) groups is 2. The van der Waals surface area contributed by atoms with E-state index in [4.69, 9.17) is 4.42 Å². The number of halogens is 3. The van der Waals surface area contributed by atoms with Gasteiger partial charge < -0.3 is 9.32 Å². The molecule has 1 aromatic heterocycles. The number of amides is 3. The lowest BCUT2D eigenvalue weighted by atomic mass is 9.97. The van der Waals surface area contributed by atoms with Crippen LogP contribution >= 0.6 is 0 Å². The molecule has 8 heteroatoms. The van der Waals surface area contributed by atoms with Crippen LogP contribution in [-0.4, -0.2) is 22.4 Å². The Morgan fingerprint density at radius 2 is 1.55 bits per heavy atom. The number of rotatable bonds is 5. The number of benzene rings is 2. The van der Waals surface area contributed by atoms with Crippen molar-refractivity contribution in [1.29, 1.82) is 0 Å². The number of urea groups is 1. The van der Waals surface area contributed by atoms with Crippen molar-refractivity contribution in [3.63, 3.8) is 0 Å². The number of imide groups is 1. The standard InChI is InChI=1S/C25H23F3N2O3/c1-16-13-20(21(33-16)25(26,27)28)30-22(31)24(2,3)29(23(30)32)15-19-12-8-7-11-18(19)14-17-9-5-4-6-10-17/h4-13H,14-15H2,1-3H3. The van der Waals surface area contributed by atoms with Gasteiger partial charge >= 0.3 is 12.2 Å². The molecule has 5 nitrogen and oxygen atoms in total. The molecule has 0 aliphatic carbocycles. The summed E-state index contributed by atoms with van der Waals surface area (Å²) in [6.45, 7) is 4.49. The number of hydrogen-bond donors (Lipinski definition) is 0. The molecule has 0 N–H and O–H groups in total. The van der Waals surface area contributed by atoms with Gasteiger partial charge in [0.25, 0.3) is 5.91 Å². The molecule has 3 aromatic rings. The van der Waals surface area contributed by atoms with Gasteiger partial charge in [-0.1, -0.05) is 54.6 Å². The average molecular weight is 456 g/mol. The number of alkyl halides is 3. The normalized spacial score (nSPS) is 16.1. The predicted molar refractivity (Wildman–Crippen MR) is 117 cm³/mol. The third kappa shape index (κ3) is 4.13. The number of aryl methyl sites for hydroxylation is 1. The highest BCUT2D eigenvalue weighted by Gasteiger charge is 2.54. The van der Waals surface area contributed by atoms with E-state index in [1.165, 1.54) is 25.7 Å². The summed E-state index contributed by atoms with van der Waals surface area (Å²) in [6, 6.07) is 17.6. The zero-order valence-corrected chi connectivity index (χ0v) is 18.4. The molecule has 0 radical (unpaired) electrons. The highest BCUT2D eigenvalue weighted by molar-refractivity contribution is 6.23. The summed E-state index contributed by atoms with van der Waals surface area (Å²) in [4.78, 5) is 28.4. The van der Waals surface area contributed by atoms with E-state index in [0.29, 0.717) is 11.3 Å². The summed E-state index contributed by atoms with van der Waals surface area (Å²) in [5.74, 6) is -2.13. The highest BCUT2D eigenvalue weighted by Crippen LogP contribution is 2.42. The van der Waals surface area contributed by atoms with Gasteiger partial charge in [-0.3, -0.25) is 4.79 Å². The van der Waals surface area contributed by atoms with E-state index in [1.807, 2.05) is 54.6 Å². The summed E-state index contributed by atoms with van der Waals surface area (Å²) >= 11 is 0. The molecule has 0 saturated carbocycles. The van der Waals surface area contributed by atoms with E-state index in [9.17, 15) is 22.8 Å². The van der Waals surface area contributed by atoms with Crippen LogP contribution < -0.4 is 4.90 Å². The summed E-state index contributed by atoms with van der Waals surface area (Å²) in [6.07, 6.45) is -4.22. The van der Waals surface area contributed by atoms with Crippen molar-refractivity contribution < 1.29 is 27.2 Å². The lowest BCUT2D eigenvalue weighted by Gasteiger charge is -2.28. The van der Waals surface area contributed by atoms with Crippen LogP contribution in [0.1, 0.15) is 42.1 Å². The second kappa shape index (κ2) is 8.10. The van der Waals surface area contributed by atoms with Gasteiger partial charge in [0, 0.05) is 12.6 Å². The lowest BCUT2D eigenvalue weighted by molar-refractivity contribution is -0.152. The Bertz CT molecular complexity index is 1200. The quantitative estimate of drug-likeness (QED) is 0.446. The van der Waals surface area contributed by atoms with Gasteiger partial charge in [0.1, 0.15) is 17.0 Å². The van der Waals surface area contributed by atoms with E-state index in [-0.39, 0.29) is 12.3 Å². The van der Waals surface area contributed by atoms with E-state index in [2.05, 4.69) is 0 Å². The minimum atomic E-state index is -4.84. The van der Waals surface area contributed by atoms with Crippen LogP contribution in [0.5, 0.6) is 0 Å². The maximum Gasteiger partial charge on any atom is 0.451 e. The molecule has 1 fully saturated rings. The molecule has 2 aromatic carbocycles.